The summed E-state index contributed by atoms with van der Waals surface area (Å²) in [6, 6.07) is 33.2. The van der Waals surface area contributed by atoms with Crippen LogP contribution in [0.2, 0.25) is 0 Å². The summed E-state index contributed by atoms with van der Waals surface area (Å²) in [4.78, 5) is 12.3. The van der Waals surface area contributed by atoms with Gasteiger partial charge in [0.2, 0.25) is 0 Å². The zero-order chi connectivity index (χ0) is 22.3. The highest BCUT2D eigenvalue weighted by Crippen LogP contribution is 2.24. The molecule has 1 nitrogen and oxygen atoms in total. The first-order chi connectivity index (χ1) is 15.6. The van der Waals surface area contributed by atoms with E-state index in [1.165, 1.54) is 33.4 Å². The minimum atomic E-state index is -0.0315. The number of carbonyl (C=O) groups excluding carboxylic acids is 1. The standard InChI is InChI=1S/C31H26O/c1-23-7-3-5-9-30(23)27-17-11-25(12-18-27)15-21-29(32)22-16-26-13-19-28(20-14-26)31-10-6-4-8-24(31)2/h3-22H,1-2H3. The maximum atomic E-state index is 12.3. The van der Waals surface area contributed by atoms with Crippen molar-refractivity contribution in [1.29, 1.82) is 0 Å². The Morgan fingerprint density at radius 3 is 1.28 bits per heavy atom. The highest BCUT2D eigenvalue weighted by Gasteiger charge is 2.01. The second-order valence-electron chi connectivity index (χ2n) is 7.94. The summed E-state index contributed by atoms with van der Waals surface area (Å²) in [5, 5.41) is 0. The maximum Gasteiger partial charge on any atom is 0.178 e. The van der Waals surface area contributed by atoms with Crippen molar-refractivity contribution in [2.24, 2.45) is 0 Å². The summed E-state index contributed by atoms with van der Waals surface area (Å²) in [5.41, 5.74) is 9.34. The molecule has 0 aromatic heterocycles. The molecule has 0 saturated carbocycles. The van der Waals surface area contributed by atoms with Gasteiger partial charge in [-0.05, 0) is 70.5 Å². The molecule has 0 atom stereocenters. The topological polar surface area (TPSA) is 17.1 Å². The number of benzene rings is 4. The van der Waals surface area contributed by atoms with Crippen molar-refractivity contribution >= 4 is 17.9 Å². The van der Waals surface area contributed by atoms with Gasteiger partial charge in [0, 0.05) is 0 Å². The van der Waals surface area contributed by atoms with Crippen LogP contribution in [0.25, 0.3) is 34.4 Å². The van der Waals surface area contributed by atoms with E-state index >= 15 is 0 Å². The molecule has 0 spiro atoms. The van der Waals surface area contributed by atoms with Gasteiger partial charge in [0.25, 0.3) is 0 Å². The van der Waals surface area contributed by atoms with Gasteiger partial charge in [-0.3, -0.25) is 4.79 Å². The van der Waals surface area contributed by atoms with Crippen LogP contribution in [0.5, 0.6) is 0 Å². The van der Waals surface area contributed by atoms with Crippen LogP contribution in [0.3, 0.4) is 0 Å². The monoisotopic (exact) mass is 414 g/mol. The average molecular weight is 415 g/mol. The lowest BCUT2D eigenvalue weighted by Gasteiger charge is -2.06. The van der Waals surface area contributed by atoms with Gasteiger partial charge < -0.3 is 0 Å². The SMILES string of the molecule is Cc1ccccc1-c1ccc(C=CC(=O)C=Cc2ccc(-c3ccccc3C)cc2)cc1. The first-order valence-corrected chi connectivity index (χ1v) is 10.8. The number of allylic oxidation sites excluding steroid dienone is 2. The molecule has 156 valence electrons. The molecule has 0 amide bonds. The van der Waals surface area contributed by atoms with Crippen molar-refractivity contribution in [3.05, 3.63) is 131 Å². The first-order valence-electron chi connectivity index (χ1n) is 10.8. The molecular formula is C31H26O. The molecule has 0 unspecified atom stereocenters. The van der Waals surface area contributed by atoms with Gasteiger partial charge in [-0.2, -0.15) is 0 Å². The van der Waals surface area contributed by atoms with E-state index in [4.69, 9.17) is 0 Å². The number of ketones is 1. The minimum Gasteiger partial charge on any atom is -0.290 e. The van der Waals surface area contributed by atoms with Crippen LogP contribution in [-0.4, -0.2) is 5.78 Å². The Morgan fingerprint density at radius 1 is 0.531 bits per heavy atom. The lowest BCUT2D eigenvalue weighted by Crippen LogP contribution is -1.86. The van der Waals surface area contributed by atoms with Crippen molar-refractivity contribution in [2.75, 3.05) is 0 Å². The van der Waals surface area contributed by atoms with E-state index in [1.54, 1.807) is 12.2 Å². The molecule has 0 N–H and O–H groups in total. The Hall–Kier alpha value is -3.97. The summed E-state index contributed by atoms with van der Waals surface area (Å²) < 4.78 is 0. The number of rotatable bonds is 6. The van der Waals surface area contributed by atoms with E-state index < -0.39 is 0 Å². The molecule has 32 heavy (non-hydrogen) atoms. The van der Waals surface area contributed by atoms with Crippen LogP contribution >= 0.6 is 0 Å². The van der Waals surface area contributed by atoms with Crippen LogP contribution in [0.4, 0.5) is 0 Å². The maximum absolute atomic E-state index is 12.3. The second-order valence-corrected chi connectivity index (χ2v) is 7.94. The van der Waals surface area contributed by atoms with E-state index in [1.807, 2.05) is 48.6 Å². The van der Waals surface area contributed by atoms with Crippen LogP contribution < -0.4 is 0 Å². The third kappa shape index (κ3) is 5.19. The molecule has 4 rings (SSSR count). The summed E-state index contributed by atoms with van der Waals surface area (Å²) >= 11 is 0. The van der Waals surface area contributed by atoms with Crippen LogP contribution in [0.15, 0.2) is 109 Å². The molecule has 0 fully saturated rings. The van der Waals surface area contributed by atoms with E-state index in [-0.39, 0.29) is 5.78 Å². The van der Waals surface area contributed by atoms with Crippen molar-refractivity contribution in [2.45, 2.75) is 13.8 Å². The molecule has 0 aliphatic heterocycles. The third-order valence-electron chi connectivity index (χ3n) is 5.61. The third-order valence-corrected chi connectivity index (χ3v) is 5.61. The lowest BCUT2D eigenvalue weighted by molar-refractivity contribution is -0.110. The fourth-order valence-electron chi connectivity index (χ4n) is 3.75. The largest absolute Gasteiger partial charge is 0.290 e. The molecule has 0 aliphatic rings. The fraction of sp³-hybridized carbons (Fsp3) is 0.0645. The average Bonchev–Trinajstić information content (AvgIpc) is 2.83. The number of hydrogen-bond acceptors (Lipinski definition) is 1. The Balaban J connectivity index is 1.39. The Morgan fingerprint density at radius 2 is 0.906 bits per heavy atom. The Bertz CT molecular complexity index is 1170. The molecule has 0 radical (unpaired) electrons. The summed E-state index contributed by atoms with van der Waals surface area (Å²) in [7, 11) is 0. The Kier molecular flexibility index (Phi) is 6.57. The van der Waals surface area contributed by atoms with E-state index in [2.05, 4.69) is 74.5 Å². The predicted octanol–water partition coefficient (Wildman–Crippen LogP) is 7.93. The molecular weight excluding hydrogens is 388 g/mol. The van der Waals surface area contributed by atoms with Gasteiger partial charge in [0.1, 0.15) is 0 Å². The second kappa shape index (κ2) is 9.89. The van der Waals surface area contributed by atoms with Crippen LogP contribution in [-0.2, 0) is 4.79 Å². The van der Waals surface area contributed by atoms with Crippen molar-refractivity contribution in [3.63, 3.8) is 0 Å². The van der Waals surface area contributed by atoms with Gasteiger partial charge >= 0.3 is 0 Å². The van der Waals surface area contributed by atoms with E-state index in [9.17, 15) is 4.79 Å². The summed E-state index contributed by atoms with van der Waals surface area (Å²) in [5.74, 6) is -0.0315. The van der Waals surface area contributed by atoms with Crippen LogP contribution in [0, 0.1) is 13.8 Å². The molecule has 0 saturated heterocycles. The predicted molar refractivity (Wildman–Crippen MR) is 136 cm³/mol. The lowest BCUT2D eigenvalue weighted by atomic mass is 9.99. The van der Waals surface area contributed by atoms with Gasteiger partial charge in [-0.25, -0.2) is 0 Å². The molecule has 0 heterocycles. The Labute approximate surface area is 190 Å². The molecule has 0 aliphatic carbocycles. The highest BCUT2D eigenvalue weighted by molar-refractivity contribution is 6.04. The van der Waals surface area contributed by atoms with Crippen LogP contribution in [0.1, 0.15) is 22.3 Å². The molecule has 4 aromatic carbocycles. The minimum absolute atomic E-state index is 0.0315. The van der Waals surface area contributed by atoms with Gasteiger partial charge in [-0.15, -0.1) is 0 Å². The molecule has 0 bridgehead atoms. The van der Waals surface area contributed by atoms with Crippen molar-refractivity contribution in [1.82, 2.24) is 0 Å². The molecule has 4 aromatic rings. The van der Waals surface area contributed by atoms with Gasteiger partial charge in [0.05, 0.1) is 0 Å². The number of carbonyl (C=O) groups is 1. The quantitative estimate of drug-likeness (QED) is 0.293. The normalized spacial score (nSPS) is 11.3. The number of hydrogen-bond donors (Lipinski definition) is 0. The summed E-state index contributed by atoms with van der Waals surface area (Å²) in [6.45, 7) is 4.23. The van der Waals surface area contributed by atoms with Crippen molar-refractivity contribution in [3.8, 4) is 22.3 Å². The van der Waals surface area contributed by atoms with E-state index in [0.29, 0.717) is 0 Å². The summed E-state index contributed by atoms with van der Waals surface area (Å²) in [6.07, 6.45) is 6.94. The fourth-order valence-corrected chi connectivity index (χ4v) is 3.75. The zero-order valence-corrected chi connectivity index (χ0v) is 18.5. The smallest absolute Gasteiger partial charge is 0.178 e. The van der Waals surface area contributed by atoms with Gasteiger partial charge in [-0.1, -0.05) is 109 Å². The number of aryl methyl sites for hydroxylation is 2. The first kappa shape index (κ1) is 21.3. The van der Waals surface area contributed by atoms with Crippen molar-refractivity contribution < 1.29 is 4.79 Å². The molecule has 1 heteroatoms. The van der Waals surface area contributed by atoms with Gasteiger partial charge in [0.15, 0.2) is 5.78 Å². The zero-order valence-electron chi connectivity index (χ0n) is 18.5. The van der Waals surface area contributed by atoms with E-state index in [0.717, 1.165) is 11.1 Å². The highest BCUT2D eigenvalue weighted by atomic mass is 16.1.